The van der Waals surface area contributed by atoms with Gasteiger partial charge in [-0.05, 0) is 49.2 Å². The SMILES string of the molecule is CNCc1ccc(S(=O)(=O)Nc2ccc(SC)cc2)nc1. The zero-order valence-corrected chi connectivity index (χ0v) is 13.5. The molecule has 1 aromatic carbocycles. The van der Waals surface area contributed by atoms with Crippen molar-refractivity contribution in [2.24, 2.45) is 0 Å². The van der Waals surface area contributed by atoms with Crippen molar-refractivity contribution in [3.8, 4) is 0 Å². The van der Waals surface area contributed by atoms with Gasteiger partial charge < -0.3 is 5.32 Å². The molecular formula is C14H17N3O2S2. The average Bonchev–Trinajstić information content (AvgIpc) is 2.48. The van der Waals surface area contributed by atoms with E-state index in [-0.39, 0.29) is 5.03 Å². The Morgan fingerprint density at radius 1 is 1.14 bits per heavy atom. The smallest absolute Gasteiger partial charge is 0.279 e. The van der Waals surface area contributed by atoms with Crippen molar-refractivity contribution in [2.75, 3.05) is 18.0 Å². The molecule has 21 heavy (non-hydrogen) atoms. The summed E-state index contributed by atoms with van der Waals surface area (Å²) in [5.74, 6) is 0. The third-order valence-corrected chi connectivity index (χ3v) is 4.84. The van der Waals surface area contributed by atoms with Gasteiger partial charge in [0.1, 0.15) is 0 Å². The van der Waals surface area contributed by atoms with Gasteiger partial charge in [-0.1, -0.05) is 6.07 Å². The number of thioether (sulfide) groups is 1. The summed E-state index contributed by atoms with van der Waals surface area (Å²) in [7, 11) is -1.83. The van der Waals surface area contributed by atoms with Gasteiger partial charge >= 0.3 is 0 Å². The zero-order chi connectivity index (χ0) is 15.3. The molecule has 0 amide bonds. The van der Waals surface area contributed by atoms with E-state index in [2.05, 4.69) is 15.0 Å². The van der Waals surface area contributed by atoms with Crippen molar-refractivity contribution in [1.29, 1.82) is 0 Å². The van der Waals surface area contributed by atoms with Gasteiger partial charge in [-0.15, -0.1) is 11.8 Å². The minimum Gasteiger partial charge on any atom is -0.316 e. The van der Waals surface area contributed by atoms with Crippen molar-refractivity contribution in [3.05, 3.63) is 48.2 Å². The maximum atomic E-state index is 12.2. The molecule has 1 aromatic heterocycles. The summed E-state index contributed by atoms with van der Waals surface area (Å²) in [6.45, 7) is 0.650. The molecule has 112 valence electrons. The van der Waals surface area contributed by atoms with Crippen LogP contribution in [-0.4, -0.2) is 26.7 Å². The number of hydrogen-bond acceptors (Lipinski definition) is 5. The molecule has 2 rings (SSSR count). The molecular weight excluding hydrogens is 306 g/mol. The van der Waals surface area contributed by atoms with E-state index in [1.807, 2.05) is 25.4 Å². The summed E-state index contributed by atoms with van der Waals surface area (Å²) in [6.07, 6.45) is 3.53. The summed E-state index contributed by atoms with van der Waals surface area (Å²) < 4.78 is 27.0. The zero-order valence-electron chi connectivity index (χ0n) is 11.8. The van der Waals surface area contributed by atoms with Gasteiger partial charge in [0, 0.05) is 23.3 Å². The van der Waals surface area contributed by atoms with Gasteiger partial charge in [0.05, 0.1) is 0 Å². The molecule has 5 nitrogen and oxygen atoms in total. The standard InChI is InChI=1S/C14H17N3O2S2/c1-15-9-11-3-8-14(16-10-11)21(18,19)17-12-4-6-13(20-2)7-5-12/h3-8,10,15,17H,9H2,1-2H3. The minimum absolute atomic E-state index is 0.0105. The Bertz CT molecular complexity index is 683. The summed E-state index contributed by atoms with van der Waals surface area (Å²) in [5, 5.41) is 3.00. The fraction of sp³-hybridized carbons (Fsp3) is 0.214. The average molecular weight is 323 g/mol. The van der Waals surface area contributed by atoms with Crippen LogP contribution in [0.4, 0.5) is 5.69 Å². The highest BCUT2D eigenvalue weighted by Gasteiger charge is 2.15. The van der Waals surface area contributed by atoms with E-state index in [1.54, 1.807) is 36.2 Å². The first-order valence-corrected chi connectivity index (χ1v) is 9.02. The Morgan fingerprint density at radius 2 is 1.86 bits per heavy atom. The van der Waals surface area contributed by atoms with Crippen molar-refractivity contribution in [2.45, 2.75) is 16.5 Å². The number of rotatable bonds is 6. The molecule has 7 heteroatoms. The number of sulfonamides is 1. The van der Waals surface area contributed by atoms with E-state index in [9.17, 15) is 8.42 Å². The molecule has 0 unspecified atom stereocenters. The predicted octanol–water partition coefficient (Wildman–Crippen LogP) is 2.32. The molecule has 0 bridgehead atoms. The van der Waals surface area contributed by atoms with E-state index < -0.39 is 10.0 Å². The van der Waals surface area contributed by atoms with Gasteiger partial charge in [0.15, 0.2) is 5.03 Å². The highest BCUT2D eigenvalue weighted by Crippen LogP contribution is 2.19. The second-order valence-corrected chi connectivity index (χ2v) is 6.88. The second-order valence-electron chi connectivity index (χ2n) is 4.37. The molecule has 2 aromatic rings. The lowest BCUT2D eigenvalue weighted by molar-refractivity contribution is 0.597. The molecule has 0 atom stereocenters. The molecule has 0 radical (unpaired) electrons. The molecule has 0 aliphatic heterocycles. The molecule has 2 N–H and O–H groups in total. The number of anilines is 1. The Labute approximate surface area is 129 Å². The predicted molar refractivity (Wildman–Crippen MR) is 86.0 cm³/mol. The van der Waals surface area contributed by atoms with E-state index in [4.69, 9.17) is 0 Å². The highest BCUT2D eigenvalue weighted by molar-refractivity contribution is 7.98. The normalized spacial score (nSPS) is 11.3. The Balaban J connectivity index is 2.16. The Morgan fingerprint density at radius 3 is 2.38 bits per heavy atom. The van der Waals surface area contributed by atoms with E-state index in [1.165, 1.54) is 6.07 Å². The van der Waals surface area contributed by atoms with Crippen LogP contribution in [0.25, 0.3) is 0 Å². The van der Waals surface area contributed by atoms with Crippen molar-refractivity contribution < 1.29 is 8.42 Å². The Kier molecular flexibility index (Phi) is 5.22. The van der Waals surface area contributed by atoms with Gasteiger partial charge in [0.2, 0.25) is 0 Å². The maximum absolute atomic E-state index is 12.2. The van der Waals surface area contributed by atoms with Crippen LogP contribution in [0.5, 0.6) is 0 Å². The third-order valence-electron chi connectivity index (χ3n) is 2.80. The Hall–Kier alpha value is -1.57. The maximum Gasteiger partial charge on any atom is 0.279 e. The lowest BCUT2D eigenvalue weighted by Crippen LogP contribution is -2.15. The largest absolute Gasteiger partial charge is 0.316 e. The second kappa shape index (κ2) is 6.93. The fourth-order valence-corrected chi connectivity index (χ4v) is 3.14. The number of aromatic nitrogens is 1. The van der Waals surface area contributed by atoms with Crippen LogP contribution in [0.1, 0.15) is 5.56 Å². The van der Waals surface area contributed by atoms with Crippen LogP contribution in [0.15, 0.2) is 52.5 Å². The van der Waals surface area contributed by atoms with Gasteiger partial charge in [-0.25, -0.2) is 4.98 Å². The molecule has 0 fully saturated rings. The first-order chi connectivity index (χ1) is 10.0. The molecule has 0 saturated heterocycles. The van der Waals surface area contributed by atoms with Gasteiger partial charge in [0.25, 0.3) is 10.0 Å². The number of pyridine rings is 1. The van der Waals surface area contributed by atoms with E-state index in [0.29, 0.717) is 12.2 Å². The highest BCUT2D eigenvalue weighted by atomic mass is 32.2. The first kappa shape index (κ1) is 15.8. The fourth-order valence-electron chi connectivity index (χ4n) is 1.75. The quantitative estimate of drug-likeness (QED) is 0.798. The number of nitrogens with zero attached hydrogens (tertiary/aromatic N) is 1. The van der Waals surface area contributed by atoms with Crippen LogP contribution in [0.2, 0.25) is 0 Å². The lowest BCUT2D eigenvalue weighted by atomic mass is 10.3. The van der Waals surface area contributed by atoms with Crippen LogP contribution in [-0.2, 0) is 16.6 Å². The first-order valence-electron chi connectivity index (χ1n) is 6.31. The number of benzene rings is 1. The number of nitrogens with one attached hydrogen (secondary N) is 2. The van der Waals surface area contributed by atoms with Gasteiger partial charge in [-0.2, -0.15) is 8.42 Å². The lowest BCUT2D eigenvalue weighted by Gasteiger charge is -2.08. The van der Waals surface area contributed by atoms with Crippen LogP contribution < -0.4 is 10.0 Å². The van der Waals surface area contributed by atoms with Gasteiger partial charge in [-0.3, -0.25) is 4.72 Å². The summed E-state index contributed by atoms with van der Waals surface area (Å²) >= 11 is 1.60. The van der Waals surface area contributed by atoms with E-state index >= 15 is 0 Å². The molecule has 0 aliphatic rings. The van der Waals surface area contributed by atoms with E-state index in [0.717, 1.165) is 10.5 Å². The number of hydrogen-bond donors (Lipinski definition) is 2. The molecule has 0 aliphatic carbocycles. The molecule has 0 saturated carbocycles. The van der Waals surface area contributed by atoms with Crippen molar-refractivity contribution in [1.82, 2.24) is 10.3 Å². The summed E-state index contributed by atoms with van der Waals surface area (Å²) in [6, 6.07) is 10.5. The molecule has 1 heterocycles. The summed E-state index contributed by atoms with van der Waals surface area (Å²) in [5.41, 5.74) is 1.45. The van der Waals surface area contributed by atoms with Crippen LogP contribution >= 0.6 is 11.8 Å². The third kappa shape index (κ3) is 4.20. The monoisotopic (exact) mass is 323 g/mol. The topological polar surface area (TPSA) is 71.1 Å². The van der Waals surface area contributed by atoms with Crippen LogP contribution in [0.3, 0.4) is 0 Å². The molecule has 0 spiro atoms. The van der Waals surface area contributed by atoms with Crippen molar-refractivity contribution in [3.63, 3.8) is 0 Å². The van der Waals surface area contributed by atoms with Crippen molar-refractivity contribution >= 4 is 27.5 Å². The summed E-state index contributed by atoms with van der Waals surface area (Å²) in [4.78, 5) is 5.08. The van der Waals surface area contributed by atoms with Crippen LogP contribution in [0, 0.1) is 0 Å². The minimum atomic E-state index is -3.65.